The van der Waals surface area contributed by atoms with E-state index in [4.69, 9.17) is 0 Å². The van der Waals surface area contributed by atoms with Crippen LogP contribution >= 0.6 is 27.3 Å². The number of nitrogens with one attached hydrogen (secondary N) is 2. The maximum absolute atomic E-state index is 12.2. The van der Waals surface area contributed by atoms with E-state index >= 15 is 0 Å². The summed E-state index contributed by atoms with van der Waals surface area (Å²) in [7, 11) is -3.72. The first kappa shape index (κ1) is 18.5. The van der Waals surface area contributed by atoms with Crippen molar-refractivity contribution in [3.63, 3.8) is 0 Å². The van der Waals surface area contributed by atoms with Crippen LogP contribution in [0.25, 0.3) is 0 Å². The zero-order chi connectivity index (χ0) is 16.1. The predicted molar refractivity (Wildman–Crippen MR) is 86.2 cm³/mol. The van der Waals surface area contributed by atoms with Gasteiger partial charge in [-0.25, -0.2) is 13.1 Å². The van der Waals surface area contributed by atoms with Gasteiger partial charge in [0.15, 0.2) is 0 Å². The highest BCUT2D eigenvalue weighted by molar-refractivity contribution is 9.09. The summed E-state index contributed by atoms with van der Waals surface area (Å²) in [6.45, 7) is 5.70. The van der Waals surface area contributed by atoms with Crippen molar-refractivity contribution in [2.45, 2.75) is 38.0 Å². The fraction of sp³-hybridized carbons (Fsp3) is 0.727. The molecule has 0 aliphatic rings. The zero-order valence-electron chi connectivity index (χ0n) is 12.1. The molecule has 21 heavy (non-hydrogen) atoms. The molecule has 0 radical (unpaired) electrons. The standard InChI is InChI=1S/C11H19BrN4O3S2/c1-4-11(5-2,6-12)7-13-21(18,19)10-16-15-9(20-10)14-8(3)17/h13H,4-7H2,1-3H3,(H,14,15,17). The van der Waals surface area contributed by atoms with E-state index in [1.807, 2.05) is 13.8 Å². The van der Waals surface area contributed by atoms with E-state index in [2.05, 4.69) is 36.2 Å². The summed E-state index contributed by atoms with van der Waals surface area (Å²) < 4.78 is 26.8. The van der Waals surface area contributed by atoms with Crippen LogP contribution < -0.4 is 10.0 Å². The first-order chi connectivity index (χ1) is 9.78. The number of amides is 1. The molecule has 0 atom stereocenters. The van der Waals surface area contributed by atoms with Gasteiger partial charge < -0.3 is 5.32 Å². The third kappa shape index (κ3) is 4.97. The van der Waals surface area contributed by atoms with E-state index in [9.17, 15) is 13.2 Å². The van der Waals surface area contributed by atoms with Crippen molar-refractivity contribution in [3.8, 4) is 0 Å². The highest BCUT2D eigenvalue weighted by Gasteiger charge is 2.29. The van der Waals surface area contributed by atoms with Crippen LogP contribution in [0.1, 0.15) is 33.6 Å². The Morgan fingerprint density at radius 3 is 2.43 bits per heavy atom. The lowest BCUT2D eigenvalue weighted by Gasteiger charge is -2.29. The molecule has 1 heterocycles. The van der Waals surface area contributed by atoms with Crippen molar-refractivity contribution in [2.24, 2.45) is 5.41 Å². The fourth-order valence-corrected chi connectivity index (χ4v) is 4.70. The number of anilines is 1. The van der Waals surface area contributed by atoms with Gasteiger partial charge in [0, 0.05) is 18.8 Å². The van der Waals surface area contributed by atoms with Gasteiger partial charge in [-0.2, -0.15) is 0 Å². The number of carbonyl (C=O) groups is 1. The van der Waals surface area contributed by atoms with E-state index in [0.29, 0.717) is 11.9 Å². The van der Waals surface area contributed by atoms with E-state index in [0.717, 1.165) is 24.2 Å². The lowest BCUT2D eigenvalue weighted by atomic mass is 9.85. The molecule has 0 saturated heterocycles. The van der Waals surface area contributed by atoms with Crippen LogP contribution in [-0.2, 0) is 14.8 Å². The van der Waals surface area contributed by atoms with E-state index in [-0.39, 0.29) is 20.8 Å². The quantitative estimate of drug-likeness (QED) is 0.514. The molecule has 0 bridgehead atoms. The number of hydrogen-bond donors (Lipinski definition) is 2. The number of nitrogens with zero attached hydrogens (tertiary/aromatic N) is 2. The van der Waals surface area contributed by atoms with Gasteiger partial charge in [0.05, 0.1) is 0 Å². The minimum Gasteiger partial charge on any atom is -0.301 e. The molecule has 7 nitrogen and oxygen atoms in total. The number of aromatic nitrogens is 2. The van der Waals surface area contributed by atoms with Crippen molar-refractivity contribution in [1.29, 1.82) is 0 Å². The van der Waals surface area contributed by atoms with Crippen molar-refractivity contribution in [1.82, 2.24) is 14.9 Å². The fourth-order valence-electron chi connectivity index (χ4n) is 1.57. The summed E-state index contributed by atoms with van der Waals surface area (Å²) in [4.78, 5) is 10.9. The Bertz CT molecular complexity index is 576. The topological polar surface area (TPSA) is 101 Å². The maximum atomic E-state index is 12.2. The minimum absolute atomic E-state index is 0.127. The molecule has 2 N–H and O–H groups in total. The average Bonchev–Trinajstić information content (AvgIpc) is 2.89. The van der Waals surface area contributed by atoms with Crippen LogP contribution in [0.15, 0.2) is 4.34 Å². The summed E-state index contributed by atoms with van der Waals surface area (Å²) in [5.41, 5.74) is -0.127. The number of sulfonamides is 1. The molecule has 1 rings (SSSR count). The second-order valence-corrected chi connectivity index (χ2v) is 8.20. The average molecular weight is 399 g/mol. The molecule has 0 fully saturated rings. The van der Waals surface area contributed by atoms with Crippen LogP contribution in [0.5, 0.6) is 0 Å². The largest absolute Gasteiger partial charge is 0.301 e. The number of halogens is 1. The molecule has 0 aliphatic heterocycles. The van der Waals surface area contributed by atoms with Gasteiger partial charge in [-0.1, -0.05) is 41.1 Å². The molecule has 0 aliphatic carbocycles. The van der Waals surface area contributed by atoms with E-state index in [1.165, 1.54) is 6.92 Å². The van der Waals surface area contributed by atoms with Gasteiger partial charge >= 0.3 is 0 Å². The summed E-state index contributed by atoms with van der Waals surface area (Å²) in [6, 6.07) is 0. The first-order valence-electron chi connectivity index (χ1n) is 6.45. The van der Waals surface area contributed by atoms with E-state index in [1.54, 1.807) is 0 Å². The maximum Gasteiger partial charge on any atom is 0.269 e. The molecule has 0 unspecified atom stereocenters. The van der Waals surface area contributed by atoms with Gasteiger partial charge in [-0.05, 0) is 18.3 Å². The van der Waals surface area contributed by atoms with Gasteiger partial charge in [-0.3, -0.25) is 4.79 Å². The summed E-state index contributed by atoms with van der Waals surface area (Å²) in [5.74, 6) is -0.321. The van der Waals surface area contributed by atoms with Crippen LogP contribution in [0.3, 0.4) is 0 Å². The normalized spacial score (nSPS) is 12.4. The second-order valence-electron chi connectivity index (χ2n) is 4.72. The Morgan fingerprint density at radius 2 is 1.95 bits per heavy atom. The molecule has 1 aromatic heterocycles. The van der Waals surface area contributed by atoms with Crippen molar-refractivity contribution in [3.05, 3.63) is 0 Å². The molecule has 1 amide bonds. The molecule has 1 aromatic rings. The summed E-state index contributed by atoms with van der Waals surface area (Å²) in [6.07, 6.45) is 1.70. The minimum atomic E-state index is -3.72. The lowest BCUT2D eigenvalue weighted by Crippen LogP contribution is -2.38. The molecule has 0 saturated carbocycles. The Kier molecular flexibility index (Phi) is 6.70. The zero-order valence-corrected chi connectivity index (χ0v) is 15.4. The molecule has 120 valence electrons. The predicted octanol–water partition coefficient (Wildman–Crippen LogP) is 1.98. The highest BCUT2D eigenvalue weighted by atomic mass is 79.9. The third-order valence-electron chi connectivity index (χ3n) is 3.34. The summed E-state index contributed by atoms with van der Waals surface area (Å²) in [5, 5.41) is 10.5. The monoisotopic (exact) mass is 398 g/mol. The number of rotatable bonds is 8. The van der Waals surface area contributed by atoms with Crippen LogP contribution in [0, 0.1) is 5.41 Å². The van der Waals surface area contributed by atoms with Crippen LogP contribution in [-0.4, -0.2) is 36.4 Å². The Hall–Kier alpha value is -0.580. The van der Waals surface area contributed by atoms with Crippen molar-refractivity contribution >= 4 is 48.3 Å². The molecular formula is C11H19BrN4O3S2. The second kappa shape index (κ2) is 7.61. The van der Waals surface area contributed by atoms with Gasteiger partial charge in [0.1, 0.15) is 0 Å². The molecule has 0 spiro atoms. The number of alkyl halides is 1. The smallest absolute Gasteiger partial charge is 0.269 e. The Balaban J connectivity index is 2.82. The highest BCUT2D eigenvalue weighted by Crippen LogP contribution is 2.29. The Labute approximate surface area is 137 Å². The van der Waals surface area contributed by atoms with Gasteiger partial charge in [-0.15, -0.1) is 10.2 Å². The molecule has 0 aromatic carbocycles. The molecule has 10 heteroatoms. The Morgan fingerprint density at radius 1 is 1.33 bits per heavy atom. The molecular weight excluding hydrogens is 380 g/mol. The number of hydrogen-bond acceptors (Lipinski definition) is 6. The van der Waals surface area contributed by atoms with E-state index < -0.39 is 10.0 Å². The third-order valence-corrected chi connectivity index (χ3v) is 7.14. The van der Waals surface area contributed by atoms with Crippen LogP contribution in [0.2, 0.25) is 0 Å². The van der Waals surface area contributed by atoms with Crippen molar-refractivity contribution in [2.75, 3.05) is 17.2 Å². The van der Waals surface area contributed by atoms with Gasteiger partial charge in [0.25, 0.3) is 10.0 Å². The summed E-state index contributed by atoms with van der Waals surface area (Å²) >= 11 is 4.27. The SMILES string of the molecule is CCC(CC)(CBr)CNS(=O)(=O)c1nnc(NC(C)=O)s1. The first-order valence-corrected chi connectivity index (χ1v) is 9.87. The van der Waals surface area contributed by atoms with Gasteiger partial charge in [0.2, 0.25) is 15.4 Å². The van der Waals surface area contributed by atoms with Crippen molar-refractivity contribution < 1.29 is 13.2 Å². The lowest BCUT2D eigenvalue weighted by molar-refractivity contribution is -0.114. The van der Waals surface area contributed by atoms with Crippen LogP contribution in [0.4, 0.5) is 5.13 Å². The number of carbonyl (C=O) groups excluding carboxylic acids is 1.